The molecule has 1 amide bonds. The van der Waals surface area contributed by atoms with Gasteiger partial charge in [-0.1, -0.05) is 11.6 Å². The van der Waals surface area contributed by atoms with E-state index < -0.39 is 21.7 Å². The number of anilines is 1. The summed E-state index contributed by atoms with van der Waals surface area (Å²) in [6.07, 6.45) is 0.520. The molecular formula is C14H21ClN2O4S. The Morgan fingerprint density at radius 1 is 1.27 bits per heavy atom. The summed E-state index contributed by atoms with van der Waals surface area (Å²) in [5.41, 5.74) is -0.116. The molecule has 0 fully saturated rings. The second-order valence-electron chi connectivity index (χ2n) is 5.74. The number of hydrogen-bond acceptors (Lipinski definition) is 4. The molecule has 0 bridgehead atoms. The van der Waals surface area contributed by atoms with E-state index in [1.165, 1.54) is 4.31 Å². The molecule has 124 valence electrons. The predicted octanol–water partition coefficient (Wildman–Crippen LogP) is 2.63. The number of sulfonamides is 1. The van der Waals surface area contributed by atoms with Crippen LogP contribution < -0.4 is 9.62 Å². The topological polar surface area (TPSA) is 75.7 Å². The van der Waals surface area contributed by atoms with Crippen LogP contribution in [0.25, 0.3) is 0 Å². The van der Waals surface area contributed by atoms with Crippen LogP contribution in [-0.4, -0.2) is 39.5 Å². The molecule has 1 aromatic rings. The number of carbonyl (C=O) groups is 1. The maximum atomic E-state index is 11.9. The molecule has 1 aromatic carbocycles. The van der Waals surface area contributed by atoms with E-state index in [0.717, 1.165) is 6.26 Å². The number of hydrogen-bond donors (Lipinski definition) is 1. The summed E-state index contributed by atoms with van der Waals surface area (Å²) < 4.78 is 30.0. The van der Waals surface area contributed by atoms with Crippen LogP contribution in [0.3, 0.4) is 0 Å². The largest absolute Gasteiger partial charge is 0.444 e. The Labute approximate surface area is 136 Å². The third kappa shape index (κ3) is 6.53. The number of carbonyl (C=O) groups excluding carboxylic acids is 1. The lowest BCUT2D eigenvalue weighted by atomic mass is 10.2. The van der Waals surface area contributed by atoms with Gasteiger partial charge >= 0.3 is 6.09 Å². The highest BCUT2D eigenvalue weighted by atomic mass is 35.5. The van der Waals surface area contributed by atoms with Crippen molar-refractivity contribution in [3.05, 3.63) is 29.3 Å². The summed E-state index contributed by atoms with van der Waals surface area (Å²) in [5, 5.41) is 3.05. The number of nitrogens with zero attached hydrogens (tertiary/aromatic N) is 1. The molecule has 0 unspecified atom stereocenters. The van der Waals surface area contributed by atoms with E-state index in [0.29, 0.717) is 10.7 Å². The third-order valence-corrected chi connectivity index (χ3v) is 3.94. The van der Waals surface area contributed by atoms with Gasteiger partial charge < -0.3 is 10.1 Å². The van der Waals surface area contributed by atoms with Gasteiger partial charge in [0, 0.05) is 11.6 Å². The van der Waals surface area contributed by atoms with Crippen molar-refractivity contribution in [3.63, 3.8) is 0 Å². The van der Waals surface area contributed by atoms with Gasteiger partial charge in [0.15, 0.2) is 0 Å². The van der Waals surface area contributed by atoms with Crippen molar-refractivity contribution in [1.29, 1.82) is 0 Å². The minimum Gasteiger partial charge on any atom is -0.444 e. The molecule has 0 saturated carbocycles. The molecule has 8 heteroatoms. The lowest BCUT2D eigenvalue weighted by Crippen LogP contribution is -2.40. The van der Waals surface area contributed by atoms with Crippen molar-refractivity contribution in [2.45, 2.75) is 26.4 Å². The Kier molecular flexibility index (Phi) is 6.08. The first-order valence-corrected chi connectivity index (χ1v) is 8.92. The Morgan fingerprint density at radius 2 is 1.82 bits per heavy atom. The van der Waals surface area contributed by atoms with Gasteiger partial charge in [-0.25, -0.2) is 13.2 Å². The zero-order chi connectivity index (χ0) is 17.0. The summed E-state index contributed by atoms with van der Waals surface area (Å²) in [7, 11) is -3.47. The van der Waals surface area contributed by atoms with Gasteiger partial charge in [0.05, 0.1) is 18.5 Å². The zero-order valence-electron chi connectivity index (χ0n) is 13.1. The minimum absolute atomic E-state index is 0.0969. The lowest BCUT2D eigenvalue weighted by Gasteiger charge is -2.23. The van der Waals surface area contributed by atoms with Crippen LogP contribution >= 0.6 is 11.6 Å². The molecule has 0 heterocycles. The number of amides is 1. The van der Waals surface area contributed by atoms with Crippen LogP contribution in [-0.2, 0) is 14.8 Å². The van der Waals surface area contributed by atoms with Gasteiger partial charge in [0.25, 0.3) is 0 Å². The van der Waals surface area contributed by atoms with Gasteiger partial charge in [0.1, 0.15) is 5.60 Å². The molecule has 0 aliphatic rings. The Hall–Kier alpha value is -1.47. The van der Waals surface area contributed by atoms with E-state index in [1.807, 2.05) is 0 Å². The molecular weight excluding hydrogens is 328 g/mol. The number of alkyl carbamates (subject to hydrolysis) is 1. The molecule has 1 rings (SSSR count). The summed E-state index contributed by atoms with van der Waals surface area (Å²) in [6.45, 7) is 5.49. The standard InChI is InChI=1S/C14H21ClN2O4S/c1-14(2,3)21-13(18)16-9-10-17(22(4,19)20)12-7-5-11(15)6-8-12/h5-8H,9-10H2,1-4H3,(H,16,18). The van der Waals surface area contributed by atoms with E-state index in [4.69, 9.17) is 16.3 Å². The van der Waals surface area contributed by atoms with Crippen molar-refractivity contribution in [3.8, 4) is 0 Å². The molecule has 22 heavy (non-hydrogen) atoms. The molecule has 0 aromatic heterocycles. The Bertz CT molecular complexity index is 609. The first-order chi connectivity index (χ1) is 9.99. The maximum absolute atomic E-state index is 11.9. The van der Waals surface area contributed by atoms with Crippen LogP contribution in [0.15, 0.2) is 24.3 Å². The molecule has 0 atom stereocenters. The summed E-state index contributed by atoms with van der Waals surface area (Å²) in [6, 6.07) is 6.43. The van der Waals surface area contributed by atoms with Crippen LogP contribution in [0.4, 0.5) is 10.5 Å². The summed E-state index contributed by atoms with van der Waals surface area (Å²) in [5.74, 6) is 0. The van der Waals surface area contributed by atoms with E-state index >= 15 is 0 Å². The Morgan fingerprint density at radius 3 is 2.27 bits per heavy atom. The van der Waals surface area contributed by atoms with E-state index in [1.54, 1.807) is 45.0 Å². The average molecular weight is 349 g/mol. The summed E-state index contributed by atoms with van der Waals surface area (Å²) in [4.78, 5) is 11.6. The van der Waals surface area contributed by atoms with Gasteiger partial charge in [-0.05, 0) is 45.0 Å². The second kappa shape index (κ2) is 7.19. The molecule has 1 N–H and O–H groups in total. The van der Waals surface area contributed by atoms with Gasteiger partial charge in [0.2, 0.25) is 10.0 Å². The van der Waals surface area contributed by atoms with Gasteiger partial charge in [-0.2, -0.15) is 0 Å². The number of benzene rings is 1. The van der Waals surface area contributed by atoms with Crippen LogP contribution in [0.5, 0.6) is 0 Å². The third-order valence-electron chi connectivity index (χ3n) is 2.50. The fraction of sp³-hybridized carbons (Fsp3) is 0.500. The molecule has 0 saturated heterocycles. The quantitative estimate of drug-likeness (QED) is 0.887. The highest BCUT2D eigenvalue weighted by molar-refractivity contribution is 7.92. The lowest BCUT2D eigenvalue weighted by molar-refractivity contribution is 0.0529. The first-order valence-electron chi connectivity index (χ1n) is 6.69. The zero-order valence-corrected chi connectivity index (χ0v) is 14.7. The van der Waals surface area contributed by atoms with Crippen molar-refractivity contribution in [1.82, 2.24) is 5.32 Å². The highest BCUT2D eigenvalue weighted by Gasteiger charge is 2.19. The Balaban J connectivity index is 2.69. The van der Waals surface area contributed by atoms with Crippen LogP contribution in [0.1, 0.15) is 20.8 Å². The maximum Gasteiger partial charge on any atom is 0.407 e. The van der Waals surface area contributed by atoms with Gasteiger partial charge in [-0.15, -0.1) is 0 Å². The normalized spacial score (nSPS) is 11.9. The SMILES string of the molecule is CC(C)(C)OC(=O)NCCN(c1ccc(Cl)cc1)S(C)(=O)=O. The molecule has 0 aliphatic carbocycles. The molecule has 0 aliphatic heterocycles. The molecule has 6 nitrogen and oxygen atoms in total. The van der Waals surface area contributed by atoms with E-state index in [-0.39, 0.29) is 13.1 Å². The monoisotopic (exact) mass is 348 g/mol. The van der Waals surface area contributed by atoms with Crippen molar-refractivity contribution < 1.29 is 17.9 Å². The van der Waals surface area contributed by atoms with Gasteiger partial charge in [-0.3, -0.25) is 4.31 Å². The highest BCUT2D eigenvalue weighted by Crippen LogP contribution is 2.19. The van der Waals surface area contributed by atoms with Crippen LogP contribution in [0.2, 0.25) is 5.02 Å². The first kappa shape index (κ1) is 18.6. The molecule has 0 spiro atoms. The smallest absolute Gasteiger partial charge is 0.407 e. The van der Waals surface area contributed by atoms with Crippen molar-refractivity contribution in [2.75, 3.05) is 23.7 Å². The number of ether oxygens (including phenoxy) is 1. The predicted molar refractivity (Wildman–Crippen MR) is 87.9 cm³/mol. The fourth-order valence-corrected chi connectivity index (χ4v) is 2.72. The number of rotatable bonds is 5. The average Bonchev–Trinajstić information content (AvgIpc) is 2.32. The summed E-state index contributed by atoms with van der Waals surface area (Å²) >= 11 is 5.80. The minimum atomic E-state index is -3.47. The number of halogens is 1. The second-order valence-corrected chi connectivity index (χ2v) is 8.08. The van der Waals surface area contributed by atoms with E-state index in [9.17, 15) is 13.2 Å². The van der Waals surface area contributed by atoms with Crippen LogP contribution in [0, 0.1) is 0 Å². The van der Waals surface area contributed by atoms with Crippen molar-refractivity contribution >= 4 is 33.4 Å². The molecule has 0 radical (unpaired) electrons. The number of nitrogens with one attached hydrogen (secondary N) is 1. The van der Waals surface area contributed by atoms with Crippen molar-refractivity contribution in [2.24, 2.45) is 0 Å². The fourth-order valence-electron chi connectivity index (χ4n) is 1.67. The van der Waals surface area contributed by atoms with E-state index in [2.05, 4.69) is 5.32 Å².